The van der Waals surface area contributed by atoms with Crippen LogP contribution in [0, 0.1) is 6.92 Å². The monoisotopic (exact) mass is 440 g/mol. The summed E-state index contributed by atoms with van der Waals surface area (Å²) in [6, 6.07) is 25.4. The van der Waals surface area contributed by atoms with Gasteiger partial charge in [0.15, 0.2) is 0 Å². The molecule has 0 saturated heterocycles. The lowest BCUT2D eigenvalue weighted by Gasteiger charge is -2.17. The van der Waals surface area contributed by atoms with Gasteiger partial charge in [-0.3, -0.25) is 9.59 Å². The van der Waals surface area contributed by atoms with Crippen LogP contribution in [0.3, 0.4) is 0 Å². The van der Waals surface area contributed by atoms with E-state index in [1.807, 2.05) is 61.6 Å². The van der Waals surface area contributed by atoms with Crippen LogP contribution in [0.5, 0.6) is 0 Å². The molecule has 0 bridgehead atoms. The Morgan fingerprint density at radius 3 is 2.33 bits per heavy atom. The van der Waals surface area contributed by atoms with E-state index in [0.29, 0.717) is 35.4 Å². The number of fused-ring (bicyclic) bond motifs is 1. The van der Waals surface area contributed by atoms with Gasteiger partial charge in [0.1, 0.15) is 5.69 Å². The van der Waals surface area contributed by atoms with Gasteiger partial charge in [0.25, 0.3) is 11.5 Å². The minimum absolute atomic E-state index is 0.120. The summed E-state index contributed by atoms with van der Waals surface area (Å²) in [6.07, 6.45) is 0. The van der Waals surface area contributed by atoms with Crippen molar-refractivity contribution in [3.05, 3.63) is 112 Å². The number of hydrogen-bond acceptors (Lipinski definition) is 4. The summed E-state index contributed by atoms with van der Waals surface area (Å²) in [5.74, 6) is -0.148. The molecule has 0 aliphatic heterocycles. The number of aryl methyl sites for hydroxylation is 1. The normalized spacial score (nSPS) is 11.1. The lowest BCUT2D eigenvalue weighted by molar-refractivity contribution is 0.0949. The van der Waals surface area contributed by atoms with E-state index in [0.717, 1.165) is 18.7 Å². The Hall–Kier alpha value is -3.77. The van der Waals surface area contributed by atoms with Crippen molar-refractivity contribution in [1.82, 2.24) is 19.8 Å². The number of aromatic nitrogens is 2. The Morgan fingerprint density at radius 2 is 1.64 bits per heavy atom. The fourth-order valence-corrected chi connectivity index (χ4v) is 3.88. The topological polar surface area (TPSA) is 67.2 Å². The largest absolute Gasteiger partial charge is 0.351 e. The molecule has 0 aliphatic carbocycles. The van der Waals surface area contributed by atoms with Gasteiger partial charge in [-0.05, 0) is 43.3 Å². The third-order valence-electron chi connectivity index (χ3n) is 5.63. The van der Waals surface area contributed by atoms with Crippen LogP contribution in [0.15, 0.2) is 83.7 Å². The smallest absolute Gasteiger partial charge is 0.272 e. The van der Waals surface area contributed by atoms with E-state index in [4.69, 9.17) is 0 Å². The molecule has 1 N–H and O–H groups in total. The van der Waals surface area contributed by atoms with E-state index in [2.05, 4.69) is 27.3 Å². The number of likely N-dealkylation sites (N-methyl/N-ethyl adjacent to an activating group) is 1. The molecule has 6 nitrogen and oxygen atoms in total. The number of benzene rings is 3. The summed E-state index contributed by atoms with van der Waals surface area (Å²) in [5, 5.41) is 2.98. The van der Waals surface area contributed by atoms with Crippen molar-refractivity contribution in [2.45, 2.75) is 20.0 Å². The van der Waals surface area contributed by atoms with Gasteiger partial charge in [-0.2, -0.15) is 0 Å². The van der Waals surface area contributed by atoms with Crippen molar-refractivity contribution in [3.63, 3.8) is 0 Å². The van der Waals surface area contributed by atoms with Crippen LogP contribution in [0.25, 0.3) is 11.0 Å². The van der Waals surface area contributed by atoms with Crippen LogP contribution in [0.2, 0.25) is 0 Å². The van der Waals surface area contributed by atoms with Crippen molar-refractivity contribution in [3.8, 4) is 0 Å². The van der Waals surface area contributed by atoms with E-state index in [-0.39, 0.29) is 11.5 Å². The van der Waals surface area contributed by atoms with Crippen LogP contribution in [-0.4, -0.2) is 40.5 Å². The molecule has 4 aromatic rings. The van der Waals surface area contributed by atoms with E-state index < -0.39 is 0 Å². The average Bonchev–Trinajstić information content (AvgIpc) is 2.83. The fourth-order valence-electron chi connectivity index (χ4n) is 3.88. The summed E-state index contributed by atoms with van der Waals surface area (Å²) in [6.45, 7) is 4.27. The molecule has 0 radical (unpaired) electrons. The number of rotatable bonds is 8. The van der Waals surface area contributed by atoms with E-state index in [9.17, 15) is 9.59 Å². The van der Waals surface area contributed by atoms with E-state index >= 15 is 0 Å². The van der Waals surface area contributed by atoms with Crippen LogP contribution in [0.1, 0.15) is 27.2 Å². The molecule has 3 aromatic carbocycles. The Balaban J connectivity index is 1.45. The van der Waals surface area contributed by atoms with Crippen molar-refractivity contribution in [1.29, 1.82) is 0 Å². The van der Waals surface area contributed by atoms with Gasteiger partial charge in [0.05, 0.1) is 17.6 Å². The third-order valence-corrected chi connectivity index (χ3v) is 5.63. The molecule has 1 aromatic heterocycles. The second kappa shape index (κ2) is 10.2. The Bertz CT molecular complexity index is 1300. The summed E-state index contributed by atoms with van der Waals surface area (Å²) >= 11 is 0. The van der Waals surface area contributed by atoms with Crippen molar-refractivity contribution in [2.75, 3.05) is 20.1 Å². The molecule has 6 heteroatoms. The number of hydrogen-bond donors (Lipinski definition) is 1. The van der Waals surface area contributed by atoms with Gasteiger partial charge in [0.2, 0.25) is 0 Å². The quantitative estimate of drug-likeness (QED) is 0.455. The van der Waals surface area contributed by atoms with Gasteiger partial charge in [-0.15, -0.1) is 0 Å². The van der Waals surface area contributed by atoms with Crippen molar-refractivity contribution >= 4 is 16.9 Å². The summed E-state index contributed by atoms with van der Waals surface area (Å²) < 4.78 is 1.72. The maximum Gasteiger partial charge on any atom is 0.272 e. The molecule has 0 aliphatic rings. The molecule has 1 heterocycles. The number of amides is 1. The lowest BCUT2D eigenvalue weighted by atomic mass is 10.1. The predicted octanol–water partition coefficient (Wildman–Crippen LogP) is 3.62. The zero-order valence-corrected chi connectivity index (χ0v) is 19.0. The SMILES string of the molecule is Cc1nc2cc(C(=O)NCCN(C)Cc3ccccc3)ccc2n(Cc2ccccc2)c1=O. The first-order valence-corrected chi connectivity index (χ1v) is 11.1. The average molecular weight is 441 g/mol. The summed E-state index contributed by atoms with van der Waals surface area (Å²) in [5.41, 5.74) is 4.45. The van der Waals surface area contributed by atoms with Gasteiger partial charge in [-0.25, -0.2) is 4.98 Å². The van der Waals surface area contributed by atoms with E-state index in [1.165, 1.54) is 5.56 Å². The molecular formula is C27H28N4O2. The lowest BCUT2D eigenvalue weighted by Crippen LogP contribution is -2.32. The second-order valence-corrected chi connectivity index (χ2v) is 8.26. The van der Waals surface area contributed by atoms with Crippen molar-refractivity contribution in [2.24, 2.45) is 0 Å². The highest BCUT2D eigenvalue weighted by Crippen LogP contribution is 2.15. The number of carbonyl (C=O) groups excluding carboxylic acids is 1. The van der Waals surface area contributed by atoms with Gasteiger partial charge in [0, 0.05) is 25.2 Å². The van der Waals surface area contributed by atoms with Crippen LogP contribution in [0.4, 0.5) is 0 Å². The fraction of sp³-hybridized carbons (Fsp3) is 0.222. The molecule has 0 spiro atoms. The second-order valence-electron chi connectivity index (χ2n) is 8.26. The van der Waals surface area contributed by atoms with Gasteiger partial charge >= 0.3 is 0 Å². The molecule has 4 rings (SSSR count). The highest BCUT2D eigenvalue weighted by atomic mass is 16.1. The predicted molar refractivity (Wildman–Crippen MR) is 131 cm³/mol. The Morgan fingerprint density at radius 1 is 0.970 bits per heavy atom. The van der Waals surface area contributed by atoms with E-state index in [1.54, 1.807) is 23.6 Å². The molecule has 168 valence electrons. The first-order chi connectivity index (χ1) is 16.0. The summed E-state index contributed by atoms with van der Waals surface area (Å²) in [7, 11) is 2.04. The number of nitrogens with one attached hydrogen (secondary N) is 1. The maximum absolute atomic E-state index is 12.8. The molecular weight excluding hydrogens is 412 g/mol. The molecule has 33 heavy (non-hydrogen) atoms. The summed E-state index contributed by atoms with van der Waals surface area (Å²) in [4.78, 5) is 32.1. The van der Waals surface area contributed by atoms with Gasteiger partial charge < -0.3 is 14.8 Å². The van der Waals surface area contributed by atoms with Gasteiger partial charge in [-0.1, -0.05) is 60.7 Å². The van der Waals surface area contributed by atoms with Crippen molar-refractivity contribution < 1.29 is 4.79 Å². The number of carbonyl (C=O) groups is 1. The molecule has 0 atom stereocenters. The minimum atomic E-state index is -0.148. The number of nitrogens with zero attached hydrogens (tertiary/aromatic N) is 3. The molecule has 1 amide bonds. The Labute approximate surface area is 193 Å². The van der Waals surface area contributed by atoms with Crippen LogP contribution >= 0.6 is 0 Å². The maximum atomic E-state index is 12.8. The first kappa shape index (κ1) is 22.4. The standard InChI is InChI=1S/C27H28N4O2/c1-20-27(33)31(19-22-11-7-4-8-12-22)25-14-13-23(17-24(25)29-20)26(32)28-15-16-30(2)18-21-9-5-3-6-10-21/h3-14,17H,15-16,18-19H2,1-2H3,(H,28,32). The highest BCUT2D eigenvalue weighted by molar-refractivity contribution is 5.97. The molecule has 0 saturated carbocycles. The minimum Gasteiger partial charge on any atom is -0.351 e. The highest BCUT2D eigenvalue weighted by Gasteiger charge is 2.12. The van der Waals surface area contributed by atoms with Crippen LogP contribution in [-0.2, 0) is 13.1 Å². The molecule has 0 fully saturated rings. The third kappa shape index (κ3) is 5.54. The van der Waals surface area contributed by atoms with Crippen LogP contribution < -0.4 is 10.9 Å². The Kier molecular flexibility index (Phi) is 6.95. The zero-order chi connectivity index (χ0) is 23.2. The molecule has 0 unspecified atom stereocenters. The first-order valence-electron chi connectivity index (χ1n) is 11.1. The zero-order valence-electron chi connectivity index (χ0n) is 19.0.